The highest BCUT2D eigenvalue weighted by atomic mass is 32.2. The van der Waals surface area contributed by atoms with E-state index in [4.69, 9.17) is 9.47 Å². The highest BCUT2D eigenvalue weighted by molar-refractivity contribution is 7.88. The first-order valence-electron chi connectivity index (χ1n) is 10.0. The Kier molecular flexibility index (Phi) is 9.19. The lowest BCUT2D eigenvalue weighted by Gasteiger charge is -2.16. The van der Waals surface area contributed by atoms with Crippen LogP contribution < -0.4 is 15.4 Å². The van der Waals surface area contributed by atoms with Crippen molar-refractivity contribution in [1.82, 2.24) is 14.9 Å². The fourth-order valence-corrected chi connectivity index (χ4v) is 4.09. The van der Waals surface area contributed by atoms with Crippen LogP contribution in [0, 0.1) is 12.8 Å². The van der Waals surface area contributed by atoms with Gasteiger partial charge in [0.1, 0.15) is 12.4 Å². The molecule has 2 N–H and O–H groups in total. The van der Waals surface area contributed by atoms with Crippen molar-refractivity contribution in [2.75, 3.05) is 52.8 Å². The summed E-state index contributed by atoms with van der Waals surface area (Å²) in [5, 5.41) is 6.59. The van der Waals surface area contributed by atoms with Crippen LogP contribution in [0.2, 0.25) is 0 Å². The van der Waals surface area contributed by atoms with E-state index in [1.165, 1.54) is 6.26 Å². The van der Waals surface area contributed by atoms with Gasteiger partial charge in [-0.05, 0) is 37.8 Å². The highest BCUT2D eigenvalue weighted by Crippen LogP contribution is 2.21. The van der Waals surface area contributed by atoms with Crippen molar-refractivity contribution in [3.05, 3.63) is 29.3 Å². The third-order valence-electron chi connectivity index (χ3n) is 4.80. The van der Waals surface area contributed by atoms with Crippen molar-refractivity contribution in [3.63, 3.8) is 0 Å². The van der Waals surface area contributed by atoms with Crippen molar-refractivity contribution in [1.29, 1.82) is 0 Å². The zero-order valence-corrected chi connectivity index (χ0v) is 18.7. The van der Waals surface area contributed by atoms with Crippen LogP contribution in [-0.2, 0) is 21.3 Å². The van der Waals surface area contributed by atoms with Gasteiger partial charge < -0.3 is 20.1 Å². The molecule has 1 atom stereocenters. The molecule has 0 bridgehead atoms. The molecule has 164 valence electrons. The van der Waals surface area contributed by atoms with E-state index in [1.54, 1.807) is 11.4 Å². The van der Waals surface area contributed by atoms with E-state index in [2.05, 4.69) is 15.6 Å². The zero-order chi connectivity index (χ0) is 21.3. The number of aliphatic imine (C=N–C) groups is 1. The fraction of sp³-hybridized carbons (Fsp3) is 0.650. The number of nitrogens with zero attached hydrogens (tertiary/aromatic N) is 2. The summed E-state index contributed by atoms with van der Waals surface area (Å²) in [6.45, 7) is 8.13. The lowest BCUT2D eigenvalue weighted by atomic mass is 10.1. The summed E-state index contributed by atoms with van der Waals surface area (Å²) in [6.07, 6.45) is 2.12. The number of methoxy groups -OCH3 is 1. The Hall–Kier alpha value is -1.84. The number of nitrogens with one attached hydrogen (secondary N) is 2. The predicted molar refractivity (Wildman–Crippen MR) is 116 cm³/mol. The molecule has 8 nitrogen and oxygen atoms in total. The first kappa shape index (κ1) is 23.4. The summed E-state index contributed by atoms with van der Waals surface area (Å²) in [4.78, 5) is 4.68. The van der Waals surface area contributed by atoms with Crippen molar-refractivity contribution < 1.29 is 17.9 Å². The Morgan fingerprint density at radius 1 is 1.31 bits per heavy atom. The number of hydrogen-bond donors (Lipinski definition) is 2. The number of hydrogen-bond acceptors (Lipinski definition) is 5. The van der Waals surface area contributed by atoms with Crippen LogP contribution in [0.25, 0.3) is 0 Å². The van der Waals surface area contributed by atoms with Crippen LogP contribution >= 0.6 is 0 Å². The van der Waals surface area contributed by atoms with E-state index in [1.807, 2.05) is 32.0 Å². The van der Waals surface area contributed by atoms with Crippen molar-refractivity contribution >= 4 is 16.0 Å². The smallest absolute Gasteiger partial charge is 0.211 e. The van der Waals surface area contributed by atoms with Gasteiger partial charge in [0, 0.05) is 38.9 Å². The first-order chi connectivity index (χ1) is 13.8. The van der Waals surface area contributed by atoms with Crippen LogP contribution in [0.1, 0.15) is 24.5 Å². The SMILES string of the molecule is CCNC(=NCc1ccc(C)cc1OCCOC)NCC1CCN(S(C)(=O)=O)C1. The molecular weight excluding hydrogens is 392 g/mol. The monoisotopic (exact) mass is 426 g/mol. The van der Waals surface area contributed by atoms with Crippen LogP contribution in [0.5, 0.6) is 5.75 Å². The molecule has 1 saturated heterocycles. The quantitative estimate of drug-likeness (QED) is 0.333. The summed E-state index contributed by atoms with van der Waals surface area (Å²) < 4.78 is 35.8. The van der Waals surface area contributed by atoms with Gasteiger partial charge >= 0.3 is 0 Å². The fourth-order valence-electron chi connectivity index (χ4n) is 3.17. The van der Waals surface area contributed by atoms with Crippen LogP contribution in [-0.4, -0.2) is 71.4 Å². The number of sulfonamides is 1. The van der Waals surface area contributed by atoms with Crippen molar-refractivity contribution in [3.8, 4) is 5.75 Å². The maximum Gasteiger partial charge on any atom is 0.211 e. The molecule has 1 fully saturated rings. The topological polar surface area (TPSA) is 92.3 Å². The molecule has 29 heavy (non-hydrogen) atoms. The standard InChI is InChI=1S/C20H34N4O4S/c1-5-21-20(22-13-17-8-9-24(15-17)29(4,25)26)23-14-18-7-6-16(2)12-19(18)28-11-10-27-3/h6-7,12,17H,5,8-11,13-15H2,1-4H3,(H2,21,22,23). The summed E-state index contributed by atoms with van der Waals surface area (Å²) in [5.41, 5.74) is 2.14. The minimum Gasteiger partial charge on any atom is -0.491 e. The number of benzene rings is 1. The van der Waals surface area contributed by atoms with Crippen molar-refractivity contribution in [2.45, 2.75) is 26.8 Å². The molecule has 1 aliphatic rings. The Morgan fingerprint density at radius 2 is 2.10 bits per heavy atom. The molecule has 1 aromatic rings. The summed E-state index contributed by atoms with van der Waals surface area (Å²) in [6, 6.07) is 6.09. The zero-order valence-electron chi connectivity index (χ0n) is 17.9. The molecule has 2 rings (SSSR count). The van der Waals surface area contributed by atoms with E-state index in [-0.39, 0.29) is 5.92 Å². The van der Waals surface area contributed by atoms with E-state index in [0.29, 0.717) is 45.4 Å². The molecule has 1 unspecified atom stereocenters. The molecule has 9 heteroatoms. The van der Waals surface area contributed by atoms with Gasteiger partial charge in [-0.15, -0.1) is 0 Å². The molecule has 0 spiro atoms. The second-order valence-electron chi connectivity index (χ2n) is 7.30. The average molecular weight is 427 g/mol. The number of aryl methyl sites for hydroxylation is 1. The van der Waals surface area contributed by atoms with Gasteiger partial charge in [-0.25, -0.2) is 17.7 Å². The second-order valence-corrected chi connectivity index (χ2v) is 9.29. The Bertz CT molecular complexity index is 783. The first-order valence-corrected chi connectivity index (χ1v) is 11.9. The van der Waals surface area contributed by atoms with E-state index < -0.39 is 10.0 Å². The third kappa shape index (κ3) is 7.83. The molecule has 1 heterocycles. The number of guanidine groups is 1. The molecule has 0 amide bonds. The Labute approximate surface area is 174 Å². The van der Waals surface area contributed by atoms with Crippen LogP contribution in [0.15, 0.2) is 23.2 Å². The molecule has 0 saturated carbocycles. The maximum atomic E-state index is 11.7. The van der Waals surface area contributed by atoms with Gasteiger partial charge in [0.05, 0.1) is 19.4 Å². The van der Waals surface area contributed by atoms with Gasteiger partial charge in [-0.3, -0.25) is 0 Å². The average Bonchev–Trinajstić information content (AvgIpc) is 3.15. The molecule has 1 aromatic carbocycles. The summed E-state index contributed by atoms with van der Waals surface area (Å²) in [7, 11) is -1.46. The minimum absolute atomic E-state index is 0.279. The number of ether oxygens (including phenoxy) is 2. The maximum absolute atomic E-state index is 11.7. The van der Waals surface area contributed by atoms with E-state index in [0.717, 1.165) is 29.8 Å². The largest absolute Gasteiger partial charge is 0.491 e. The van der Waals surface area contributed by atoms with Gasteiger partial charge in [0.15, 0.2) is 5.96 Å². The Balaban J connectivity index is 1.97. The molecule has 0 aliphatic carbocycles. The van der Waals surface area contributed by atoms with E-state index >= 15 is 0 Å². The van der Waals surface area contributed by atoms with Gasteiger partial charge in [0.2, 0.25) is 10.0 Å². The van der Waals surface area contributed by atoms with Gasteiger partial charge in [0.25, 0.3) is 0 Å². The Morgan fingerprint density at radius 3 is 2.76 bits per heavy atom. The van der Waals surface area contributed by atoms with Gasteiger partial charge in [-0.2, -0.15) is 0 Å². The van der Waals surface area contributed by atoms with E-state index in [9.17, 15) is 8.42 Å². The third-order valence-corrected chi connectivity index (χ3v) is 6.06. The number of rotatable bonds is 10. The van der Waals surface area contributed by atoms with Gasteiger partial charge in [-0.1, -0.05) is 12.1 Å². The normalized spacial score (nSPS) is 18.1. The lowest BCUT2D eigenvalue weighted by molar-refractivity contribution is 0.145. The second kappa shape index (κ2) is 11.4. The van der Waals surface area contributed by atoms with Crippen LogP contribution in [0.3, 0.4) is 0 Å². The molecular formula is C20H34N4O4S. The molecule has 0 aromatic heterocycles. The van der Waals surface area contributed by atoms with Crippen LogP contribution in [0.4, 0.5) is 0 Å². The lowest BCUT2D eigenvalue weighted by Crippen LogP contribution is -2.40. The minimum atomic E-state index is -3.11. The summed E-state index contributed by atoms with van der Waals surface area (Å²) >= 11 is 0. The van der Waals surface area contributed by atoms with Crippen molar-refractivity contribution in [2.24, 2.45) is 10.9 Å². The molecule has 1 aliphatic heterocycles. The predicted octanol–water partition coefficient (Wildman–Crippen LogP) is 1.36. The summed E-state index contributed by atoms with van der Waals surface area (Å²) in [5.74, 6) is 1.82. The highest BCUT2D eigenvalue weighted by Gasteiger charge is 2.28. The molecule has 0 radical (unpaired) electrons.